The molecule has 1 atom stereocenters. The van der Waals surface area contributed by atoms with Crippen LogP contribution in [0.25, 0.3) is 0 Å². The van der Waals surface area contributed by atoms with E-state index in [2.05, 4.69) is 11.9 Å². The van der Waals surface area contributed by atoms with Crippen molar-refractivity contribution in [1.29, 1.82) is 0 Å². The van der Waals surface area contributed by atoms with Gasteiger partial charge in [-0.3, -0.25) is 4.98 Å². The van der Waals surface area contributed by atoms with Gasteiger partial charge in [-0.2, -0.15) is 0 Å². The van der Waals surface area contributed by atoms with Gasteiger partial charge in [-0.05, 0) is 32.4 Å². The van der Waals surface area contributed by atoms with E-state index in [0.29, 0.717) is 13.2 Å². The normalized spacial score (nSPS) is 12.4. The molecule has 0 saturated heterocycles. The minimum absolute atomic E-state index is 0.0810. The smallest absolute Gasteiger partial charge is 0.140 e. The molecule has 0 fully saturated rings. The van der Waals surface area contributed by atoms with E-state index in [1.807, 2.05) is 26.0 Å². The molecule has 1 rings (SSSR count). The predicted octanol–water partition coefficient (Wildman–Crippen LogP) is 2.48. The molecule has 0 aromatic carbocycles. The van der Waals surface area contributed by atoms with Gasteiger partial charge in [-0.25, -0.2) is 0 Å². The third-order valence-corrected chi connectivity index (χ3v) is 2.71. The van der Waals surface area contributed by atoms with Crippen LogP contribution in [-0.4, -0.2) is 30.8 Å². The third kappa shape index (κ3) is 6.55. The fraction of sp³-hybridized carbons (Fsp3) is 0.667. The molecule has 1 unspecified atom stereocenters. The molecule has 4 nitrogen and oxygen atoms in total. The van der Waals surface area contributed by atoms with Crippen LogP contribution in [0.15, 0.2) is 12.1 Å². The molecule has 0 aliphatic heterocycles. The SMILES string of the molecule is CCCCOCCOc1ccc(C)nc1CC(C)N. The highest BCUT2D eigenvalue weighted by atomic mass is 16.5. The number of nitrogens with zero attached hydrogens (tertiary/aromatic N) is 1. The van der Waals surface area contributed by atoms with Gasteiger partial charge in [0.15, 0.2) is 0 Å². The summed E-state index contributed by atoms with van der Waals surface area (Å²) in [6.45, 7) is 8.08. The average Bonchev–Trinajstić information content (AvgIpc) is 2.35. The first-order valence-corrected chi connectivity index (χ1v) is 7.06. The molecule has 1 heterocycles. The highest BCUT2D eigenvalue weighted by molar-refractivity contribution is 5.29. The maximum Gasteiger partial charge on any atom is 0.140 e. The van der Waals surface area contributed by atoms with Crippen molar-refractivity contribution in [2.45, 2.75) is 46.1 Å². The molecule has 1 aromatic rings. The quantitative estimate of drug-likeness (QED) is 0.698. The van der Waals surface area contributed by atoms with Crippen LogP contribution in [0.1, 0.15) is 38.1 Å². The van der Waals surface area contributed by atoms with Crippen LogP contribution in [0.2, 0.25) is 0 Å². The first kappa shape index (κ1) is 15.9. The van der Waals surface area contributed by atoms with E-state index in [4.69, 9.17) is 15.2 Å². The second kappa shape index (κ2) is 8.88. The van der Waals surface area contributed by atoms with E-state index in [9.17, 15) is 0 Å². The second-order valence-corrected chi connectivity index (χ2v) is 4.89. The molecule has 0 aliphatic carbocycles. The molecule has 108 valence electrons. The Kier molecular flexibility index (Phi) is 7.45. The third-order valence-electron chi connectivity index (χ3n) is 2.71. The summed E-state index contributed by atoms with van der Waals surface area (Å²) in [7, 11) is 0. The number of aromatic nitrogens is 1. The van der Waals surface area contributed by atoms with Gasteiger partial charge in [0.1, 0.15) is 12.4 Å². The zero-order chi connectivity index (χ0) is 14.1. The topological polar surface area (TPSA) is 57.4 Å². The molecule has 1 aromatic heterocycles. The Labute approximate surface area is 116 Å². The summed E-state index contributed by atoms with van der Waals surface area (Å²) in [5.74, 6) is 0.821. The van der Waals surface area contributed by atoms with Crippen LogP contribution < -0.4 is 10.5 Å². The Balaban J connectivity index is 2.43. The van der Waals surface area contributed by atoms with Crippen molar-refractivity contribution in [2.75, 3.05) is 19.8 Å². The summed E-state index contributed by atoms with van der Waals surface area (Å²) >= 11 is 0. The Bertz CT molecular complexity index is 367. The maximum atomic E-state index is 5.83. The lowest BCUT2D eigenvalue weighted by atomic mass is 10.1. The van der Waals surface area contributed by atoms with Crippen LogP contribution in [-0.2, 0) is 11.2 Å². The standard InChI is InChI=1S/C15H26N2O2/c1-4-5-8-18-9-10-19-15-7-6-13(3)17-14(15)11-12(2)16/h6-7,12H,4-5,8-11,16H2,1-3H3. The zero-order valence-electron chi connectivity index (χ0n) is 12.3. The average molecular weight is 266 g/mol. The number of hydrogen-bond acceptors (Lipinski definition) is 4. The highest BCUT2D eigenvalue weighted by Gasteiger charge is 2.08. The number of ether oxygens (including phenoxy) is 2. The summed E-state index contributed by atoms with van der Waals surface area (Å²) in [6.07, 6.45) is 2.98. The van der Waals surface area contributed by atoms with Crippen LogP contribution in [0, 0.1) is 6.92 Å². The fourth-order valence-corrected chi connectivity index (χ4v) is 1.74. The van der Waals surface area contributed by atoms with Crippen molar-refractivity contribution < 1.29 is 9.47 Å². The lowest BCUT2D eigenvalue weighted by molar-refractivity contribution is 0.0975. The molecule has 4 heteroatoms. The Morgan fingerprint density at radius 3 is 2.74 bits per heavy atom. The lowest BCUT2D eigenvalue weighted by Gasteiger charge is -2.13. The molecular formula is C15H26N2O2. The van der Waals surface area contributed by atoms with E-state index in [-0.39, 0.29) is 6.04 Å². The molecule has 0 radical (unpaired) electrons. The molecule has 19 heavy (non-hydrogen) atoms. The Morgan fingerprint density at radius 1 is 1.26 bits per heavy atom. The van der Waals surface area contributed by atoms with E-state index in [0.717, 1.165) is 43.0 Å². The van der Waals surface area contributed by atoms with E-state index < -0.39 is 0 Å². The number of aryl methyl sites for hydroxylation is 1. The number of hydrogen-bond donors (Lipinski definition) is 1. The van der Waals surface area contributed by atoms with Gasteiger partial charge in [0.05, 0.1) is 12.3 Å². The number of unbranched alkanes of at least 4 members (excludes halogenated alkanes) is 1. The maximum absolute atomic E-state index is 5.83. The van der Waals surface area contributed by atoms with Crippen LogP contribution >= 0.6 is 0 Å². The van der Waals surface area contributed by atoms with Gasteiger partial charge >= 0.3 is 0 Å². The minimum Gasteiger partial charge on any atom is -0.489 e. The fourth-order valence-electron chi connectivity index (χ4n) is 1.74. The first-order valence-electron chi connectivity index (χ1n) is 7.06. The monoisotopic (exact) mass is 266 g/mol. The summed E-state index contributed by atoms with van der Waals surface area (Å²) in [6, 6.07) is 4.00. The van der Waals surface area contributed by atoms with Crippen molar-refractivity contribution in [3.8, 4) is 5.75 Å². The van der Waals surface area contributed by atoms with Crippen molar-refractivity contribution >= 4 is 0 Å². The molecule has 0 saturated carbocycles. The molecule has 0 amide bonds. The van der Waals surface area contributed by atoms with Gasteiger partial charge < -0.3 is 15.2 Å². The van der Waals surface area contributed by atoms with E-state index >= 15 is 0 Å². The van der Waals surface area contributed by atoms with Crippen LogP contribution in [0.5, 0.6) is 5.75 Å². The summed E-state index contributed by atoms with van der Waals surface area (Å²) in [5.41, 5.74) is 7.75. The molecule has 0 bridgehead atoms. The summed E-state index contributed by atoms with van der Waals surface area (Å²) < 4.78 is 11.2. The Morgan fingerprint density at radius 2 is 2.05 bits per heavy atom. The van der Waals surface area contributed by atoms with Gasteiger partial charge in [0.25, 0.3) is 0 Å². The van der Waals surface area contributed by atoms with Gasteiger partial charge in [0, 0.05) is 24.8 Å². The van der Waals surface area contributed by atoms with Crippen molar-refractivity contribution in [1.82, 2.24) is 4.98 Å². The minimum atomic E-state index is 0.0810. The number of pyridine rings is 1. The summed E-state index contributed by atoms with van der Waals surface area (Å²) in [4.78, 5) is 4.50. The second-order valence-electron chi connectivity index (χ2n) is 4.89. The number of rotatable bonds is 9. The zero-order valence-corrected chi connectivity index (χ0v) is 12.3. The van der Waals surface area contributed by atoms with Crippen molar-refractivity contribution in [2.24, 2.45) is 5.73 Å². The molecular weight excluding hydrogens is 240 g/mol. The van der Waals surface area contributed by atoms with Crippen molar-refractivity contribution in [3.63, 3.8) is 0 Å². The van der Waals surface area contributed by atoms with Crippen molar-refractivity contribution in [3.05, 3.63) is 23.5 Å². The van der Waals surface area contributed by atoms with Crippen LogP contribution in [0.3, 0.4) is 0 Å². The lowest BCUT2D eigenvalue weighted by Crippen LogP contribution is -2.20. The highest BCUT2D eigenvalue weighted by Crippen LogP contribution is 2.18. The van der Waals surface area contributed by atoms with Gasteiger partial charge in [0.2, 0.25) is 0 Å². The van der Waals surface area contributed by atoms with Gasteiger partial charge in [-0.1, -0.05) is 13.3 Å². The van der Waals surface area contributed by atoms with E-state index in [1.54, 1.807) is 0 Å². The largest absolute Gasteiger partial charge is 0.489 e. The van der Waals surface area contributed by atoms with E-state index in [1.165, 1.54) is 0 Å². The van der Waals surface area contributed by atoms with Crippen LogP contribution in [0.4, 0.5) is 0 Å². The molecule has 0 aliphatic rings. The van der Waals surface area contributed by atoms with Gasteiger partial charge in [-0.15, -0.1) is 0 Å². The summed E-state index contributed by atoms with van der Waals surface area (Å²) in [5, 5.41) is 0. The molecule has 0 spiro atoms. The first-order chi connectivity index (χ1) is 9.13. The molecule has 2 N–H and O–H groups in total. The Hall–Kier alpha value is -1.13. The number of nitrogens with two attached hydrogens (primary N) is 1. The predicted molar refractivity (Wildman–Crippen MR) is 77.5 cm³/mol.